The molecule has 1 aromatic carbocycles. The third-order valence-corrected chi connectivity index (χ3v) is 2.46. The van der Waals surface area contributed by atoms with Crippen LogP contribution in [0.2, 0.25) is 5.02 Å². The van der Waals surface area contributed by atoms with E-state index < -0.39 is 18.8 Å². The summed E-state index contributed by atoms with van der Waals surface area (Å²) < 4.78 is 10.1. The molecule has 0 saturated carbocycles. The molecule has 0 saturated heterocycles. The van der Waals surface area contributed by atoms with Gasteiger partial charge in [0.1, 0.15) is 19.0 Å². The molecule has 1 rings (SSSR count). The molecule has 0 spiro atoms. The average molecular weight is 247 g/mol. The van der Waals surface area contributed by atoms with Crippen molar-refractivity contribution in [2.24, 2.45) is 0 Å². The second-order valence-corrected chi connectivity index (χ2v) is 3.67. The average Bonchev–Trinajstić information content (AvgIpc) is 2.31. The molecule has 16 heavy (non-hydrogen) atoms. The van der Waals surface area contributed by atoms with Crippen LogP contribution in [0.5, 0.6) is 0 Å². The molecule has 0 aliphatic rings. The largest absolute Gasteiger partial charge is 0.394 e. The van der Waals surface area contributed by atoms with Crippen molar-refractivity contribution in [3.8, 4) is 0 Å². The molecule has 0 bridgehead atoms. The minimum absolute atomic E-state index is 0.0208. The molecule has 0 aliphatic carbocycles. The maximum atomic E-state index is 9.63. The zero-order chi connectivity index (χ0) is 12.0. The Bertz CT molecular complexity index is 319. The second-order valence-electron chi connectivity index (χ2n) is 3.27. The summed E-state index contributed by atoms with van der Waals surface area (Å²) in [7, 11) is 1.48. The lowest BCUT2D eigenvalue weighted by Gasteiger charge is -2.22. The first-order chi connectivity index (χ1) is 7.70. The van der Waals surface area contributed by atoms with Gasteiger partial charge in [0.05, 0.1) is 6.61 Å². The number of hydrogen-bond donors (Lipinski definition) is 2. The summed E-state index contributed by atoms with van der Waals surface area (Å²) in [6, 6.07) is 7.00. The van der Waals surface area contributed by atoms with E-state index in [-0.39, 0.29) is 6.79 Å². The van der Waals surface area contributed by atoms with Crippen LogP contribution in [0, 0.1) is 0 Å². The molecule has 2 atom stereocenters. The fraction of sp³-hybridized carbons (Fsp3) is 0.455. The Labute approximate surface area is 99.4 Å². The lowest BCUT2D eigenvalue weighted by molar-refractivity contribution is -0.123. The van der Waals surface area contributed by atoms with Gasteiger partial charge in [-0.1, -0.05) is 29.8 Å². The Hall–Kier alpha value is -0.650. The van der Waals surface area contributed by atoms with Crippen molar-refractivity contribution in [2.75, 3.05) is 20.5 Å². The number of rotatable bonds is 6. The zero-order valence-electron chi connectivity index (χ0n) is 8.97. The van der Waals surface area contributed by atoms with E-state index in [2.05, 4.69) is 0 Å². The first-order valence-electron chi connectivity index (χ1n) is 4.84. The van der Waals surface area contributed by atoms with Gasteiger partial charge in [-0.2, -0.15) is 0 Å². The van der Waals surface area contributed by atoms with E-state index in [1.165, 1.54) is 7.11 Å². The fourth-order valence-corrected chi connectivity index (χ4v) is 1.59. The Morgan fingerprint density at radius 3 is 2.62 bits per heavy atom. The van der Waals surface area contributed by atoms with Gasteiger partial charge in [-0.25, -0.2) is 0 Å². The lowest BCUT2D eigenvalue weighted by atomic mass is 10.0. The van der Waals surface area contributed by atoms with E-state index in [4.69, 9.17) is 26.2 Å². The third kappa shape index (κ3) is 3.43. The number of aliphatic hydroxyl groups excluding tert-OH is 2. The van der Waals surface area contributed by atoms with Crippen LogP contribution in [0.25, 0.3) is 0 Å². The predicted octanol–water partition coefficient (Wildman–Crippen LogP) is 1.35. The molecule has 0 amide bonds. The standard InChI is InChI=1S/C11H15ClO4/c1-15-7-16-11(10(14)6-13)8-4-2-3-5-9(8)12/h2-5,10-11,13-14H,6-7H2,1H3. The molecular formula is C11H15ClO4. The van der Waals surface area contributed by atoms with Crippen LogP contribution in [0.1, 0.15) is 11.7 Å². The van der Waals surface area contributed by atoms with Crippen molar-refractivity contribution < 1.29 is 19.7 Å². The summed E-state index contributed by atoms with van der Waals surface area (Å²) >= 11 is 5.99. The summed E-state index contributed by atoms with van der Waals surface area (Å²) in [5.74, 6) is 0. The van der Waals surface area contributed by atoms with E-state index >= 15 is 0 Å². The fourth-order valence-electron chi connectivity index (χ4n) is 1.35. The van der Waals surface area contributed by atoms with Crippen molar-refractivity contribution in [3.63, 3.8) is 0 Å². The molecular weight excluding hydrogens is 232 g/mol. The van der Waals surface area contributed by atoms with Crippen molar-refractivity contribution in [1.29, 1.82) is 0 Å². The van der Waals surface area contributed by atoms with Crippen LogP contribution in [0.3, 0.4) is 0 Å². The predicted molar refractivity (Wildman–Crippen MR) is 60.2 cm³/mol. The lowest BCUT2D eigenvalue weighted by Crippen LogP contribution is -2.25. The van der Waals surface area contributed by atoms with Gasteiger partial charge in [0.15, 0.2) is 0 Å². The monoisotopic (exact) mass is 246 g/mol. The number of methoxy groups -OCH3 is 1. The van der Waals surface area contributed by atoms with Gasteiger partial charge in [0.25, 0.3) is 0 Å². The van der Waals surface area contributed by atoms with Crippen LogP contribution in [-0.2, 0) is 9.47 Å². The van der Waals surface area contributed by atoms with E-state index in [1.807, 2.05) is 0 Å². The number of aliphatic hydroxyl groups is 2. The SMILES string of the molecule is COCOC(c1ccccc1Cl)C(O)CO. The highest BCUT2D eigenvalue weighted by molar-refractivity contribution is 6.31. The minimum Gasteiger partial charge on any atom is -0.394 e. The molecule has 4 nitrogen and oxygen atoms in total. The van der Waals surface area contributed by atoms with Gasteiger partial charge in [0, 0.05) is 17.7 Å². The third-order valence-electron chi connectivity index (χ3n) is 2.11. The van der Waals surface area contributed by atoms with Gasteiger partial charge < -0.3 is 19.7 Å². The summed E-state index contributed by atoms with van der Waals surface area (Å²) in [6.07, 6.45) is -1.73. The second kappa shape index (κ2) is 6.83. The maximum absolute atomic E-state index is 9.63. The van der Waals surface area contributed by atoms with Gasteiger partial charge in [-0.3, -0.25) is 0 Å². The highest BCUT2D eigenvalue weighted by atomic mass is 35.5. The van der Waals surface area contributed by atoms with Crippen LogP contribution in [0.15, 0.2) is 24.3 Å². The van der Waals surface area contributed by atoms with E-state index in [0.717, 1.165) is 0 Å². The van der Waals surface area contributed by atoms with Gasteiger partial charge in [0.2, 0.25) is 0 Å². The Kier molecular flexibility index (Phi) is 5.73. The van der Waals surface area contributed by atoms with Crippen molar-refractivity contribution in [2.45, 2.75) is 12.2 Å². The van der Waals surface area contributed by atoms with Gasteiger partial charge >= 0.3 is 0 Å². The Morgan fingerprint density at radius 2 is 2.06 bits per heavy atom. The van der Waals surface area contributed by atoms with E-state index in [9.17, 15) is 5.11 Å². The molecule has 90 valence electrons. The molecule has 0 aliphatic heterocycles. The molecule has 0 fully saturated rings. The number of hydrogen-bond acceptors (Lipinski definition) is 4. The molecule has 1 aromatic rings. The molecule has 5 heteroatoms. The summed E-state index contributed by atoms with van der Waals surface area (Å²) in [5.41, 5.74) is 0.628. The summed E-state index contributed by atoms with van der Waals surface area (Å²) in [5, 5.41) is 19.1. The van der Waals surface area contributed by atoms with Crippen molar-refractivity contribution in [1.82, 2.24) is 0 Å². The topological polar surface area (TPSA) is 58.9 Å². The zero-order valence-corrected chi connectivity index (χ0v) is 9.72. The first kappa shape index (κ1) is 13.4. The molecule has 2 N–H and O–H groups in total. The highest BCUT2D eigenvalue weighted by Crippen LogP contribution is 2.28. The van der Waals surface area contributed by atoms with Crippen LogP contribution >= 0.6 is 11.6 Å². The smallest absolute Gasteiger partial charge is 0.147 e. The number of halogens is 1. The van der Waals surface area contributed by atoms with Crippen molar-refractivity contribution in [3.05, 3.63) is 34.9 Å². The number of benzene rings is 1. The Morgan fingerprint density at radius 1 is 1.38 bits per heavy atom. The minimum atomic E-state index is -1.03. The Balaban J connectivity index is 2.87. The van der Waals surface area contributed by atoms with Gasteiger partial charge in [-0.05, 0) is 6.07 Å². The van der Waals surface area contributed by atoms with E-state index in [0.29, 0.717) is 10.6 Å². The van der Waals surface area contributed by atoms with Crippen LogP contribution < -0.4 is 0 Å². The highest BCUT2D eigenvalue weighted by Gasteiger charge is 2.23. The molecule has 2 unspecified atom stereocenters. The normalized spacial score (nSPS) is 14.8. The van der Waals surface area contributed by atoms with Gasteiger partial charge in [-0.15, -0.1) is 0 Å². The molecule has 0 aromatic heterocycles. The van der Waals surface area contributed by atoms with Crippen LogP contribution in [-0.4, -0.2) is 36.8 Å². The summed E-state index contributed by atoms with van der Waals surface area (Å²) in [6.45, 7) is -0.382. The summed E-state index contributed by atoms with van der Waals surface area (Å²) in [4.78, 5) is 0. The molecule has 0 radical (unpaired) electrons. The molecule has 0 heterocycles. The first-order valence-corrected chi connectivity index (χ1v) is 5.22. The maximum Gasteiger partial charge on any atom is 0.147 e. The van der Waals surface area contributed by atoms with E-state index in [1.54, 1.807) is 24.3 Å². The van der Waals surface area contributed by atoms with Crippen molar-refractivity contribution >= 4 is 11.6 Å². The van der Waals surface area contributed by atoms with Crippen LogP contribution in [0.4, 0.5) is 0 Å². The quantitative estimate of drug-likeness (QED) is 0.744. The number of ether oxygens (including phenoxy) is 2.